The summed E-state index contributed by atoms with van der Waals surface area (Å²) in [6, 6.07) is 14.4. The second kappa shape index (κ2) is 10.0. The summed E-state index contributed by atoms with van der Waals surface area (Å²) in [6.45, 7) is 3.75. The molecule has 2 aromatic carbocycles. The van der Waals surface area contributed by atoms with Crippen LogP contribution in [0.4, 0.5) is 0 Å². The van der Waals surface area contributed by atoms with E-state index in [-0.39, 0.29) is 11.9 Å². The van der Waals surface area contributed by atoms with Gasteiger partial charge in [-0.1, -0.05) is 53.5 Å². The number of rotatable bonds is 5. The Bertz CT molecular complexity index is 1080. The number of hydrogen-bond donors (Lipinski definition) is 1. The highest BCUT2D eigenvalue weighted by atomic mass is 35.5. The molecule has 0 aliphatic carbocycles. The second-order valence-electron chi connectivity index (χ2n) is 9.28. The topological polar surface area (TPSA) is 52.2 Å². The van der Waals surface area contributed by atoms with Crippen molar-refractivity contribution in [2.45, 2.75) is 50.5 Å². The van der Waals surface area contributed by atoms with Crippen molar-refractivity contribution < 1.29 is 4.79 Å². The van der Waals surface area contributed by atoms with Crippen molar-refractivity contribution in [3.63, 3.8) is 0 Å². The molecular weight excluding hydrogens is 455 g/mol. The SMILES string of the molecule is O=C(CCN1CCCC(c2ccccc2)CC1)N1CCC[C@H]1c1nc2cc(Cl)c(Cl)cc2[nH]1. The van der Waals surface area contributed by atoms with Crippen molar-refractivity contribution >= 4 is 40.1 Å². The fraction of sp³-hybridized carbons (Fsp3) is 0.462. The molecule has 2 aliphatic heterocycles. The van der Waals surface area contributed by atoms with E-state index in [2.05, 4.69) is 40.2 Å². The number of likely N-dealkylation sites (tertiary alicyclic amines) is 2. The van der Waals surface area contributed by atoms with Crippen LogP contribution in [0.1, 0.15) is 61.9 Å². The molecule has 0 spiro atoms. The second-order valence-corrected chi connectivity index (χ2v) is 10.1. The van der Waals surface area contributed by atoms with Crippen LogP contribution in [-0.4, -0.2) is 51.9 Å². The standard InChI is InChI=1S/C26H30Cl2N4O/c27-20-16-22-23(17-21(20)28)30-26(29-22)24-9-5-13-32(24)25(33)11-15-31-12-4-8-19(10-14-31)18-6-2-1-3-7-18/h1-3,6-7,16-17,19,24H,4-5,8-15H2,(H,29,30)/t19?,24-/m0/s1. The number of benzene rings is 2. The Morgan fingerprint density at radius 2 is 1.79 bits per heavy atom. The van der Waals surface area contributed by atoms with E-state index in [1.165, 1.54) is 18.4 Å². The van der Waals surface area contributed by atoms with E-state index in [4.69, 9.17) is 28.2 Å². The first-order valence-electron chi connectivity index (χ1n) is 12.0. The van der Waals surface area contributed by atoms with Gasteiger partial charge in [-0.2, -0.15) is 0 Å². The summed E-state index contributed by atoms with van der Waals surface area (Å²) in [6.07, 6.45) is 6.05. The molecule has 5 nitrogen and oxygen atoms in total. The Labute approximate surface area is 205 Å². The number of fused-ring (bicyclic) bond motifs is 1. The largest absolute Gasteiger partial charge is 0.340 e. The van der Waals surface area contributed by atoms with Crippen molar-refractivity contribution in [1.82, 2.24) is 19.8 Å². The molecule has 2 fully saturated rings. The van der Waals surface area contributed by atoms with E-state index in [9.17, 15) is 4.79 Å². The maximum absolute atomic E-state index is 13.2. The molecule has 33 heavy (non-hydrogen) atoms. The minimum absolute atomic E-state index is 0.00551. The molecule has 3 aromatic rings. The highest BCUT2D eigenvalue weighted by molar-refractivity contribution is 6.42. The first-order valence-corrected chi connectivity index (χ1v) is 12.8. The number of aromatic amines is 1. The zero-order valence-corrected chi connectivity index (χ0v) is 20.3. The summed E-state index contributed by atoms with van der Waals surface area (Å²) in [5.41, 5.74) is 3.09. The third-order valence-corrected chi connectivity index (χ3v) is 7.89. The Morgan fingerprint density at radius 1 is 1.00 bits per heavy atom. The molecule has 0 radical (unpaired) electrons. The third-order valence-electron chi connectivity index (χ3n) is 7.16. The minimum atomic E-state index is -0.00551. The number of imidazole rings is 1. The highest BCUT2D eigenvalue weighted by Gasteiger charge is 2.32. The van der Waals surface area contributed by atoms with E-state index < -0.39 is 0 Å². The first-order chi connectivity index (χ1) is 16.1. The van der Waals surface area contributed by atoms with Gasteiger partial charge in [-0.3, -0.25) is 4.79 Å². The van der Waals surface area contributed by atoms with Crippen LogP contribution in [-0.2, 0) is 4.79 Å². The van der Waals surface area contributed by atoms with Crippen LogP contribution >= 0.6 is 23.2 Å². The number of amides is 1. The van der Waals surface area contributed by atoms with Gasteiger partial charge in [-0.15, -0.1) is 0 Å². The average Bonchev–Trinajstić information content (AvgIpc) is 3.39. The fourth-order valence-electron chi connectivity index (χ4n) is 5.37. The van der Waals surface area contributed by atoms with Crippen molar-refractivity contribution in [3.05, 3.63) is 63.9 Å². The van der Waals surface area contributed by atoms with Gasteiger partial charge in [0.15, 0.2) is 0 Å². The predicted molar refractivity (Wildman–Crippen MR) is 134 cm³/mol. The van der Waals surface area contributed by atoms with Gasteiger partial charge >= 0.3 is 0 Å². The summed E-state index contributed by atoms with van der Waals surface area (Å²) in [5.74, 6) is 1.68. The first kappa shape index (κ1) is 22.7. The Kier molecular flexibility index (Phi) is 6.91. The van der Waals surface area contributed by atoms with Crippen LogP contribution in [0.3, 0.4) is 0 Å². The number of halogens is 2. The van der Waals surface area contributed by atoms with Crippen molar-refractivity contribution in [2.75, 3.05) is 26.2 Å². The van der Waals surface area contributed by atoms with Gasteiger partial charge in [0.05, 0.1) is 27.1 Å². The van der Waals surface area contributed by atoms with Gasteiger partial charge in [0.2, 0.25) is 5.91 Å². The molecule has 0 bridgehead atoms. The molecule has 0 saturated carbocycles. The van der Waals surface area contributed by atoms with Gasteiger partial charge in [-0.05, 0) is 68.8 Å². The third kappa shape index (κ3) is 5.06. The van der Waals surface area contributed by atoms with Crippen LogP contribution in [0.25, 0.3) is 11.0 Å². The van der Waals surface area contributed by atoms with Gasteiger partial charge in [0, 0.05) is 19.5 Å². The number of carbonyl (C=O) groups excluding carboxylic acids is 1. The van der Waals surface area contributed by atoms with Crippen molar-refractivity contribution in [1.29, 1.82) is 0 Å². The summed E-state index contributed by atoms with van der Waals surface area (Å²) >= 11 is 12.3. The Morgan fingerprint density at radius 3 is 2.64 bits per heavy atom. The molecule has 2 saturated heterocycles. The van der Waals surface area contributed by atoms with E-state index in [0.29, 0.717) is 22.4 Å². The summed E-state index contributed by atoms with van der Waals surface area (Å²) < 4.78 is 0. The van der Waals surface area contributed by atoms with Crippen LogP contribution in [0, 0.1) is 0 Å². The monoisotopic (exact) mass is 484 g/mol. The van der Waals surface area contributed by atoms with Crippen LogP contribution in [0.15, 0.2) is 42.5 Å². The maximum atomic E-state index is 13.2. The number of H-pyrrole nitrogens is 1. The lowest BCUT2D eigenvalue weighted by Gasteiger charge is -2.25. The van der Waals surface area contributed by atoms with Crippen LogP contribution in [0.5, 0.6) is 0 Å². The predicted octanol–water partition coefficient (Wildman–Crippen LogP) is 6.19. The van der Waals surface area contributed by atoms with Crippen LogP contribution < -0.4 is 0 Å². The van der Waals surface area contributed by atoms with Gasteiger partial charge in [-0.25, -0.2) is 4.98 Å². The molecule has 7 heteroatoms. The molecule has 2 atom stereocenters. The summed E-state index contributed by atoms with van der Waals surface area (Å²) in [5, 5.41) is 0.999. The van der Waals surface area contributed by atoms with E-state index in [1.807, 2.05) is 4.90 Å². The van der Waals surface area contributed by atoms with E-state index in [0.717, 1.165) is 62.3 Å². The maximum Gasteiger partial charge on any atom is 0.224 e. The molecule has 2 aliphatic rings. The van der Waals surface area contributed by atoms with Gasteiger partial charge in [0.25, 0.3) is 0 Å². The Balaban J connectivity index is 1.19. The highest BCUT2D eigenvalue weighted by Crippen LogP contribution is 2.34. The van der Waals surface area contributed by atoms with Crippen molar-refractivity contribution in [3.8, 4) is 0 Å². The molecule has 3 heterocycles. The molecule has 1 unspecified atom stereocenters. The zero-order chi connectivity index (χ0) is 22.8. The molecular formula is C26H30Cl2N4O. The number of aromatic nitrogens is 2. The van der Waals surface area contributed by atoms with E-state index in [1.54, 1.807) is 12.1 Å². The smallest absolute Gasteiger partial charge is 0.224 e. The average molecular weight is 485 g/mol. The molecule has 1 aromatic heterocycles. The lowest BCUT2D eigenvalue weighted by Crippen LogP contribution is -2.35. The molecule has 5 rings (SSSR count). The lowest BCUT2D eigenvalue weighted by atomic mass is 9.92. The normalized spacial score (nSPS) is 22.1. The lowest BCUT2D eigenvalue weighted by molar-refractivity contribution is -0.132. The number of carbonyl (C=O) groups is 1. The summed E-state index contributed by atoms with van der Waals surface area (Å²) in [7, 11) is 0. The van der Waals surface area contributed by atoms with E-state index >= 15 is 0 Å². The molecule has 1 N–H and O–H groups in total. The number of nitrogens with one attached hydrogen (secondary N) is 1. The molecule has 1 amide bonds. The number of hydrogen-bond acceptors (Lipinski definition) is 3. The van der Waals surface area contributed by atoms with Crippen LogP contribution in [0.2, 0.25) is 10.0 Å². The fourth-order valence-corrected chi connectivity index (χ4v) is 5.69. The van der Waals surface area contributed by atoms with Gasteiger partial charge in [0.1, 0.15) is 5.82 Å². The Hall–Kier alpha value is -2.08. The van der Waals surface area contributed by atoms with Gasteiger partial charge < -0.3 is 14.8 Å². The van der Waals surface area contributed by atoms with Crippen molar-refractivity contribution in [2.24, 2.45) is 0 Å². The zero-order valence-electron chi connectivity index (χ0n) is 18.8. The summed E-state index contributed by atoms with van der Waals surface area (Å²) in [4.78, 5) is 25.7. The minimum Gasteiger partial charge on any atom is -0.340 e. The molecule has 174 valence electrons. The number of nitrogens with zero attached hydrogens (tertiary/aromatic N) is 3. The quantitative estimate of drug-likeness (QED) is 0.469.